The molecular weight excluding hydrogens is 998 g/mol. The van der Waals surface area contributed by atoms with Crippen LogP contribution in [0, 0.1) is 0 Å². The van der Waals surface area contributed by atoms with Crippen LogP contribution in [0.3, 0.4) is 0 Å². The van der Waals surface area contributed by atoms with Crippen LogP contribution in [0.25, 0.3) is 87.7 Å². The van der Waals surface area contributed by atoms with Crippen molar-refractivity contribution < 1.29 is 8.83 Å². The number of hydrogen-bond donors (Lipinski definition) is 0. The molecule has 0 radical (unpaired) electrons. The van der Waals surface area contributed by atoms with E-state index in [9.17, 15) is 0 Å². The zero-order valence-corrected chi connectivity index (χ0v) is 44.7. The Bertz CT molecular complexity index is 4130. The summed E-state index contributed by atoms with van der Waals surface area (Å²) in [7, 11) is 0. The number of furan rings is 2. The molecule has 11 aromatic carbocycles. The van der Waals surface area contributed by atoms with Crippen molar-refractivity contribution in [1.82, 2.24) is 0 Å². The van der Waals surface area contributed by atoms with Crippen LogP contribution in [0.1, 0.15) is 0 Å². The molecule has 0 N–H and O–H groups in total. The number of para-hydroxylation sites is 2. The van der Waals surface area contributed by atoms with Gasteiger partial charge in [-0.1, -0.05) is 0 Å². The third-order valence-electron chi connectivity index (χ3n) is 16.1. The van der Waals surface area contributed by atoms with Gasteiger partial charge < -0.3 is 0 Å². The van der Waals surface area contributed by atoms with Gasteiger partial charge in [0, 0.05) is 0 Å². The van der Waals surface area contributed by atoms with Crippen LogP contribution >= 0.6 is 0 Å². The van der Waals surface area contributed by atoms with Crippen LogP contribution in [0.2, 0.25) is 23.0 Å². The van der Waals surface area contributed by atoms with Crippen molar-refractivity contribution in [1.29, 1.82) is 0 Å². The molecule has 0 saturated carbocycles. The molecule has 15 rings (SSSR count). The summed E-state index contributed by atoms with van der Waals surface area (Å²) in [6.07, 6.45) is 0. The molecule has 2 aliphatic rings. The second-order valence-electron chi connectivity index (χ2n) is 21.0. The predicted molar refractivity (Wildman–Crippen MR) is 310 cm³/mol. The maximum atomic E-state index is 6.78. The van der Waals surface area contributed by atoms with Gasteiger partial charge in [0.25, 0.3) is 0 Å². The van der Waals surface area contributed by atoms with Gasteiger partial charge in [-0.05, 0) is 12.1 Å². The standard InChI is InChI=1S/C66H48Ge2N2O2/c1-67(2)59-21-13-11-19-51(59)53-37-49(27-29-61(53)67)69(45-15-7-5-8-16-45)47-25-23-41-33-55-57-39-66-58(40-65(57)71-63(55)35-43(41)31-47)56-34-42-24-26-48(32-44(42)36-64(56)72-66)70(46-17-9-6-10-18-46)50-28-30-62-54(38-50)52-20-12-14-22-60(52)68(62,3)4/h5-40H,1-4H3. The first-order valence-electron chi connectivity index (χ1n) is 25.1. The van der Waals surface area contributed by atoms with E-state index in [1.807, 2.05) is 0 Å². The number of hydrogen-bond acceptors (Lipinski definition) is 4. The number of fused-ring (bicyclic) bond motifs is 14. The third kappa shape index (κ3) is 6.18. The van der Waals surface area contributed by atoms with E-state index in [2.05, 4.69) is 251 Å². The average Bonchev–Trinajstić information content (AvgIpc) is 4.08. The average molecular weight is 1050 g/mol. The topological polar surface area (TPSA) is 32.8 Å². The summed E-state index contributed by atoms with van der Waals surface area (Å²) in [6.45, 7) is 0. The molecule has 0 amide bonds. The Morgan fingerprint density at radius 1 is 0.264 bits per heavy atom. The van der Waals surface area contributed by atoms with E-state index in [0.29, 0.717) is 0 Å². The van der Waals surface area contributed by atoms with Gasteiger partial charge >= 0.3 is 414 Å². The number of rotatable bonds is 6. The molecule has 0 bridgehead atoms. The van der Waals surface area contributed by atoms with Crippen molar-refractivity contribution >= 4 is 144 Å². The van der Waals surface area contributed by atoms with Gasteiger partial charge in [-0.2, -0.15) is 0 Å². The second-order valence-corrected chi connectivity index (χ2v) is 39.1. The molecule has 0 aliphatic carbocycles. The SMILES string of the molecule is [CH3][Ge]1([CH3])[c]2ccccc2-c2cc(N(c3ccccc3)c3ccc4cc5c(cc4c3)oc3cc4c(cc35)oc3cc5cc(N(c6ccccc6)c6cc[c]7c(c6)-c6cccc[c]6[Ge]7([CH3])[CH3])ccc5cc34)cc[c]21. The molecule has 0 atom stereocenters. The van der Waals surface area contributed by atoms with E-state index in [4.69, 9.17) is 8.83 Å². The number of anilines is 6. The van der Waals surface area contributed by atoms with Gasteiger partial charge in [-0.15, -0.1) is 0 Å². The summed E-state index contributed by atoms with van der Waals surface area (Å²) in [5.41, 5.74) is 15.8. The fraction of sp³-hybridized carbons (Fsp3) is 0.0606. The van der Waals surface area contributed by atoms with Crippen LogP contribution in [0.4, 0.5) is 34.1 Å². The van der Waals surface area contributed by atoms with E-state index in [-0.39, 0.29) is 0 Å². The second kappa shape index (κ2) is 15.4. The molecule has 4 heterocycles. The van der Waals surface area contributed by atoms with Gasteiger partial charge in [0.15, 0.2) is 0 Å². The van der Waals surface area contributed by atoms with Gasteiger partial charge in [0.05, 0.1) is 0 Å². The zero-order chi connectivity index (χ0) is 48.0. The number of nitrogens with zero attached hydrogens (tertiary/aromatic N) is 2. The first-order chi connectivity index (χ1) is 35.2. The summed E-state index contributed by atoms with van der Waals surface area (Å²) in [4.78, 5) is 4.78. The van der Waals surface area contributed by atoms with Crippen LogP contribution in [-0.2, 0) is 0 Å². The van der Waals surface area contributed by atoms with Crippen molar-refractivity contribution in [2.45, 2.75) is 23.0 Å². The Hall–Kier alpha value is -7.77. The van der Waals surface area contributed by atoms with Crippen molar-refractivity contribution in [3.05, 3.63) is 218 Å². The fourth-order valence-electron chi connectivity index (χ4n) is 12.5. The van der Waals surface area contributed by atoms with Gasteiger partial charge in [-0.3, -0.25) is 0 Å². The van der Waals surface area contributed by atoms with E-state index in [1.54, 1.807) is 17.6 Å². The van der Waals surface area contributed by atoms with Gasteiger partial charge in [0.1, 0.15) is 0 Å². The Kier molecular flexibility index (Phi) is 8.95. The Balaban J connectivity index is 0.808. The van der Waals surface area contributed by atoms with Gasteiger partial charge in [-0.25, -0.2) is 0 Å². The van der Waals surface area contributed by atoms with Crippen LogP contribution < -0.4 is 27.4 Å². The molecule has 0 spiro atoms. The summed E-state index contributed by atoms with van der Waals surface area (Å²) in [6, 6.07) is 80.9. The monoisotopic (exact) mass is 1050 g/mol. The molecule has 0 unspecified atom stereocenters. The molecule has 342 valence electrons. The predicted octanol–water partition coefficient (Wildman–Crippen LogP) is 16.3. The molecule has 2 aromatic heterocycles. The fourth-order valence-corrected chi connectivity index (χ4v) is 25.4. The molecule has 2 aliphatic heterocycles. The molecule has 13 aromatic rings. The minimum atomic E-state index is -2.39. The summed E-state index contributed by atoms with van der Waals surface area (Å²) >= 11 is -4.78. The zero-order valence-electron chi connectivity index (χ0n) is 40.5. The summed E-state index contributed by atoms with van der Waals surface area (Å²) < 4.78 is 19.8. The molecule has 4 nitrogen and oxygen atoms in total. The number of benzene rings is 11. The van der Waals surface area contributed by atoms with Crippen LogP contribution in [0.15, 0.2) is 227 Å². The third-order valence-corrected chi connectivity index (χ3v) is 31.1. The van der Waals surface area contributed by atoms with E-state index < -0.39 is 26.5 Å². The van der Waals surface area contributed by atoms with E-state index in [1.165, 1.54) is 22.3 Å². The van der Waals surface area contributed by atoms with Crippen molar-refractivity contribution in [2.24, 2.45) is 0 Å². The van der Waals surface area contributed by atoms with Crippen LogP contribution in [-0.4, -0.2) is 26.5 Å². The van der Waals surface area contributed by atoms with E-state index in [0.717, 1.165) is 99.5 Å². The Morgan fingerprint density at radius 2 is 0.611 bits per heavy atom. The van der Waals surface area contributed by atoms with Crippen molar-refractivity contribution in [2.75, 3.05) is 9.80 Å². The molecule has 6 heteroatoms. The van der Waals surface area contributed by atoms with Gasteiger partial charge in [0.2, 0.25) is 0 Å². The molecule has 72 heavy (non-hydrogen) atoms. The van der Waals surface area contributed by atoms with Crippen molar-refractivity contribution in [3.63, 3.8) is 0 Å². The Labute approximate surface area is 423 Å². The Morgan fingerprint density at radius 3 is 1.06 bits per heavy atom. The summed E-state index contributed by atoms with van der Waals surface area (Å²) in [5.74, 6) is 10.1. The first-order valence-corrected chi connectivity index (χ1v) is 37.6. The summed E-state index contributed by atoms with van der Waals surface area (Å²) in [5, 5.41) is 8.83. The molecule has 0 fully saturated rings. The minimum absolute atomic E-state index is 0.852. The van der Waals surface area contributed by atoms with Crippen LogP contribution in [0.5, 0.6) is 0 Å². The van der Waals surface area contributed by atoms with Crippen molar-refractivity contribution in [3.8, 4) is 22.3 Å². The molecular formula is C66H48Ge2N2O2. The normalized spacial score (nSPS) is 14.1. The van der Waals surface area contributed by atoms with E-state index >= 15 is 0 Å². The quantitative estimate of drug-likeness (QED) is 0.155. The maximum absolute atomic E-state index is 6.78. The molecule has 0 saturated heterocycles. The first kappa shape index (κ1) is 42.0.